The van der Waals surface area contributed by atoms with Crippen molar-refractivity contribution in [3.05, 3.63) is 71.4 Å². The summed E-state index contributed by atoms with van der Waals surface area (Å²) in [5.41, 5.74) is 2.24. The quantitative estimate of drug-likeness (QED) is 0.512. The highest BCUT2D eigenvalue weighted by molar-refractivity contribution is 5.89. The number of anilines is 2. The van der Waals surface area contributed by atoms with Crippen LogP contribution in [0.5, 0.6) is 0 Å². The van der Waals surface area contributed by atoms with E-state index in [1.54, 1.807) is 4.90 Å². The zero-order valence-corrected chi connectivity index (χ0v) is 20.6. The molecular weight excluding hydrogens is 483 g/mol. The van der Waals surface area contributed by atoms with Crippen LogP contribution in [0.4, 0.5) is 29.5 Å². The van der Waals surface area contributed by atoms with Gasteiger partial charge in [0.25, 0.3) is 0 Å². The Morgan fingerprint density at radius 2 is 1.68 bits per heavy atom. The van der Waals surface area contributed by atoms with E-state index in [-0.39, 0.29) is 18.2 Å². The van der Waals surface area contributed by atoms with Gasteiger partial charge in [0, 0.05) is 42.9 Å². The van der Waals surface area contributed by atoms with Crippen LogP contribution in [0.1, 0.15) is 30.7 Å². The van der Waals surface area contributed by atoms with Gasteiger partial charge in [0.15, 0.2) is 5.82 Å². The summed E-state index contributed by atoms with van der Waals surface area (Å²) in [5, 5.41) is 2.72. The number of hydrogen-bond acceptors (Lipinski definition) is 5. The van der Waals surface area contributed by atoms with Crippen LogP contribution in [-0.2, 0) is 23.9 Å². The van der Waals surface area contributed by atoms with Gasteiger partial charge in [0.2, 0.25) is 0 Å². The number of benzene rings is 2. The van der Waals surface area contributed by atoms with Gasteiger partial charge in [-0.3, -0.25) is 0 Å². The average molecular weight is 512 g/mol. The number of carbonyl (C=O) groups excluding carboxylic acids is 1. The zero-order chi connectivity index (χ0) is 26.2. The number of rotatable bonds is 3. The molecule has 1 saturated heterocycles. The number of fused-ring (bicyclic) bond motifs is 1. The SMILES string of the molecule is CC1CN(c2nc(-c3ccccc3)nc3c2CN(C(=O)Nc2ccc(C(F)(F)F)cc2)CC3)CC(C)O1. The van der Waals surface area contributed by atoms with Crippen LogP contribution in [-0.4, -0.2) is 52.7 Å². The summed E-state index contributed by atoms with van der Waals surface area (Å²) < 4.78 is 44.5. The molecule has 0 bridgehead atoms. The van der Waals surface area contributed by atoms with E-state index in [4.69, 9.17) is 14.7 Å². The number of aromatic nitrogens is 2. The van der Waals surface area contributed by atoms with E-state index in [0.29, 0.717) is 44.1 Å². The minimum atomic E-state index is -4.43. The van der Waals surface area contributed by atoms with Crippen molar-refractivity contribution in [2.45, 2.75) is 45.2 Å². The second kappa shape index (κ2) is 10.0. The fourth-order valence-corrected chi connectivity index (χ4v) is 4.84. The third-order valence-electron chi connectivity index (χ3n) is 6.54. The first kappa shape index (κ1) is 25.0. The predicted molar refractivity (Wildman–Crippen MR) is 134 cm³/mol. The molecule has 10 heteroatoms. The molecule has 0 spiro atoms. The van der Waals surface area contributed by atoms with Crippen molar-refractivity contribution in [1.29, 1.82) is 0 Å². The molecule has 2 unspecified atom stereocenters. The van der Waals surface area contributed by atoms with Crippen LogP contribution in [0.2, 0.25) is 0 Å². The Kier molecular flexibility index (Phi) is 6.76. The summed E-state index contributed by atoms with van der Waals surface area (Å²) in [6.07, 6.45) is -3.84. The number of amides is 2. The first-order valence-corrected chi connectivity index (χ1v) is 12.3. The third-order valence-corrected chi connectivity index (χ3v) is 6.54. The van der Waals surface area contributed by atoms with Crippen LogP contribution in [0.15, 0.2) is 54.6 Å². The smallest absolute Gasteiger partial charge is 0.372 e. The normalized spacial score (nSPS) is 19.9. The highest BCUT2D eigenvalue weighted by atomic mass is 19.4. The van der Waals surface area contributed by atoms with Crippen LogP contribution in [0.25, 0.3) is 11.4 Å². The minimum absolute atomic E-state index is 0.0252. The molecule has 2 amide bonds. The van der Waals surface area contributed by atoms with E-state index in [9.17, 15) is 18.0 Å². The summed E-state index contributed by atoms with van der Waals surface area (Å²) in [5.74, 6) is 1.43. The molecule has 0 saturated carbocycles. The highest BCUT2D eigenvalue weighted by Crippen LogP contribution is 2.32. The second-order valence-electron chi connectivity index (χ2n) is 9.50. The number of alkyl halides is 3. The van der Waals surface area contributed by atoms with Gasteiger partial charge in [-0.25, -0.2) is 14.8 Å². The highest BCUT2D eigenvalue weighted by Gasteiger charge is 2.32. The topological polar surface area (TPSA) is 70.6 Å². The molecule has 1 fully saturated rings. The van der Waals surface area contributed by atoms with Gasteiger partial charge in [0.1, 0.15) is 5.82 Å². The molecule has 2 aromatic carbocycles. The molecule has 194 valence electrons. The molecule has 2 atom stereocenters. The van der Waals surface area contributed by atoms with Gasteiger partial charge in [-0.1, -0.05) is 30.3 Å². The third kappa shape index (κ3) is 5.53. The Hall–Kier alpha value is -3.66. The molecule has 0 radical (unpaired) electrons. The number of urea groups is 1. The van der Waals surface area contributed by atoms with Crippen molar-refractivity contribution in [1.82, 2.24) is 14.9 Å². The Morgan fingerprint density at radius 1 is 1.00 bits per heavy atom. The van der Waals surface area contributed by atoms with Crippen LogP contribution < -0.4 is 10.2 Å². The lowest BCUT2D eigenvalue weighted by Crippen LogP contribution is -2.47. The van der Waals surface area contributed by atoms with Crippen molar-refractivity contribution in [2.24, 2.45) is 0 Å². The maximum Gasteiger partial charge on any atom is 0.416 e. The average Bonchev–Trinajstić information content (AvgIpc) is 2.87. The van der Waals surface area contributed by atoms with E-state index in [1.807, 2.05) is 44.2 Å². The van der Waals surface area contributed by atoms with E-state index in [1.165, 1.54) is 12.1 Å². The fraction of sp³-hybridized carbons (Fsp3) is 0.370. The van der Waals surface area contributed by atoms with Gasteiger partial charge in [-0.05, 0) is 38.1 Å². The molecule has 1 N–H and O–H groups in total. The lowest BCUT2D eigenvalue weighted by molar-refractivity contribution is -0.137. The first-order valence-electron chi connectivity index (χ1n) is 12.3. The number of hydrogen-bond donors (Lipinski definition) is 1. The monoisotopic (exact) mass is 511 g/mol. The molecule has 37 heavy (non-hydrogen) atoms. The largest absolute Gasteiger partial charge is 0.416 e. The summed E-state index contributed by atoms with van der Waals surface area (Å²) in [6, 6.07) is 13.8. The van der Waals surface area contributed by atoms with Crippen molar-refractivity contribution < 1.29 is 22.7 Å². The number of nitrogens with zero attached hydrogens (tertiary/aromatic N) is 4. The second-order valence-corrected chi connectivity index (χ2v) is 9.50. The number of halogens is 3. The number of nitrogens with one attached hydrogen (secondary N) is 1. The molecule has 0 aliphatic carbocycles. The zero-order valence-electron chi connectivity index (χ0n) is 20.6. The minimum Gasteiger partial charge on any atom is -0.372 e. The van der Waals surface area contributed by atoms with E-state index in [0.717, 1.165) is 34.8 Å². The lowest BCUT2D eigenvalue weighted by atomic mass is 10.0. The van der Waals surface area contributed by atoms with Gasteiger partial charge in [-0.2, -0.15) is 13.2 Å². The fourth-order valence-electron chi connectivity index (χ4n) is 4.84. The van der Waals surface area contributed by atoms with Crippen molar-refractivity contribution >= 4 is 17.5 Å². The molecule has 1 aromatic heterocycles. The van der Waals surface area contributed by atoms with Crippen LogP contribution in [0, 0.1) is 0 Å². The van der Waals surface area contributed by atoms with E-state index in [2.05, 4.69) is 10.2 Å². The van der Waals surface area contributed by atoms with Crippen LogP contribution in [0.3, 0.4) is 0 Å². The van der Waals surface area contributed by atoms with Crippen LogP contribution >= 0.6 is 0 Å². The van der Waals surface area contributed by atoms with E-state index >= 15 is 0 Å². The van der Waals surface area contributed by atoms with Gasteiger partial charge in [-0.15, -0.1) is 0 Å². The molecule has 3 aromatic rings. The number of carbonyl (C=O) groups is 1. The Morgan fingerprint density at radius 3 is 2.32 bits per heavy atom. The standard InChI is InChI=1S/C27H28F3N5O2/c1-17-14-35(15-18(2)37-17)25-22-16-34(26(36)31-21-10-8-20(9-11-21)27(28,29)30)13-12-23(22)32-24(33-25)19-6-4-3-5-7-19/h3-11,17-18H,12-16H2,1-2H3,(H,31,36). The Bertz CT molecular complexity index is 1260. The van der Waals surface area contributed by atoms with Gasteiger partial charge >= 0.3 is 12.2 Å². The Balaban J connectivity index is 1.42. The molecule has 7 nitrogen and oxygen atoms in total. The lowest BCUT2D eigenvalue weighted by Gasteiger charge is -2.39. The molecular formula is C27H28F3N5O2. The van der Waals surface area contributed by atoms with Crippen molar-refractivity contribution in [3.8, 4) is 11.4 Å². The maximum atomic E-state index is 13.1. The Labute approximate surface area is 213 Å². The molecule has 3 heterocycles. The van der Waals surface area contributed by atoms with Crippen molar-refractivity contribution in [3.63, 3.8) is 0 Å². The van der Waals surface area contributed by atoms with E-state index < -0.39 is 11.7 Å². The maximum absolute atomic E-state index is 13.1. The van der Waals surface area contributed by atoms with Gasteiger partial charge in [0.05, 0.1) is 30.0 Å². The molecule has 5 rings (SSSR count). The van der Waals surface area contributed by atoms with Gasteiger partial charge < -0.3 is 19.9 Å². The summed E-state index contributed by atoms with van der Waals surface area (Å²) in [7, 11) is 0. The number of ether oxygens (including phenoxy) is 1. The summed E-state index contributed by atoms with van der Waals surface area (Å²) >= 11 is 0. The summed E-state index contributed by atoms with van der Waals surface area (Å²) in [6.45, 7) is 6.11. The molecule has 2 aliphatic rings. The summed E-state index contributed by atoms with van der Waals surface area (Å²) in [4.78, 5) is 26.7. The molecule has 2 aliphatic heterocycles. The number of morpholine rings is 1. The first-order chi connectivity index (χ1) is 17.7. The van der Waals surface area contributed by atoms with Crippen molar-refractivity contribution in [2.75, 3.05) is 29.9 Å². The predicted octanol–water partition coefficient (Wildman–Crippen LogP) is 5.37.